The molecule has 2 amide bonds. The number of rotatable bonds is 6. The maximum Gasteiger partial charge on any atom is 0.254 e. The average molecular weight is 415 g/mol. The number of carbonyl (C=O) groups excluding carboxylic acids is 2. The molecule has 5 N–H and O–H groups in total. The van der Waals surface area contributed by atoms with Gasteiger partial charge in [-0.2, -0.15) is 4.98 Å². The summed E-state index contributed by atoms with van der Waals surface area (Å²) in [5.41, 5.74) is 8.93. The van der Waals surface area contributed by atoms with Gasteiger partial charge in [0.1, 0.15) is 5.56 Å². The second kappa shape index (κ2) is 8.15. The summed E-state index contributed by atoms with van der Waals surface area (Å²) in [5, 5.41) is 6.82. The van der Waals surface area contributed by atoms with Crippen LogP contribution in [0.1, 0.15) is 17.3 Å². The number of fused-ring (bicyclic) bond motifs is 1. The van der Waals surface area contributed by atoms with E-state index < -0.39 is 5.91 Å². The van der Waals surface area contributed by atoms with Gasteiger partial charge in [0.15, 0.2) is 5.82 Å². The first kappa shape index (κ1) is 19.9. The Hall–Kier alpha value is -4.40. The lowest BCUT2D eigenvalue weighted by Crippen LogP contribution is -2.21. The van der Waals surface area contributed by atoms with Crippen LogP contribution < -0.4 is 21.3 Å². The lowest BCUT2D eigenvalue weighted by molar-refractivity contribution is -0.114. The third kappa shape index (κ3) is 4.15. The summed E-state index contributed by atoms with van der Waals surface area (Å²) in [5.74, 6) is -0.130. The molecule has 9 nitrogen and oxygen atoms in total. The van der Waals surface area contributed by atoms with E-state index in [0.717, 1.165) is 16.6 Å². The lowest BCUT2D eigenvalue weighted by atomic mass is 10.2. The number of hydrogen-bond donors (Lipinski definition) is 4. The Morgan fingerprint density at radius 2 is 1.87 bits per heavy atom. The van der Waals surface area contributed by atoms with Gasteiger partial charge in [0.25, 0.3) is 5.91 Å². The normalized spacial score (nSPS) is 10.6. The molecule has 9 heteroatoms. The van der Waals surface area contributed by atoms with Gasteiger partial charge in [-0.1, -0.05) is 12.1 Å². The maximum absolute atomic E-state index is 12.0. The molecule has 156 valence electrons. The van der Waals surface area contributed by atoms with Crippen molar-refractivity contribution in [2.75, 3.05) is 22.6 Å². The molecule has 0 atom stereocenters. The van der Waals surface area contributed by atoms with Crippen LogP contribution in [-0.4, -0.2) is 33.8 Å². The summed E-state index contributed by atoms with van der Waals surface area (Å²) < 4.78 is 0. The summed E-state index contributed by atoms with van der Waals surface area (Å²) in [6, 6.07) is 14.9. The Bertz CT molecular complexity index is 1280. The van der Waals surface area contributed by atoms with Crippen molar-refractivity contribution in [2.24, 2.45) is 5.73 Å². The maximum atomic E-state index is 12.0. The monoisotopic (exact) mass is 415 g/mol. The topological polar surface area (TPSA) is 129 Å². The van der Waals surface area contributed by atoms with E-state index in [2.05, 4.69) is 25.6 Å². The first-order valence-corrected chi connectivity index (χ1v) is 9.54. The first-order chi connectivity index (χ1) is 14.9. The third-order valence-corrected chi connectivity index (χ3v) is 4.72. The SMILES string of the molecule is CC(=O)Nc1cccc(Nc2ncc(C(N)=O)c(N(C)c3cccc4[nH]ccc34)n2)c1. The van der Waals surface area contributed by atoms with Gasteiger partial charge in [-0.3, -0.25) is 9.59 Å². The van der Waals surface area contributed by atoms with Crippen molar-refractivity contribution in [1.29, 1.82) is 0 Å². The summed E-state index contributed by atoms with van der Waals surface area (Å²) in [6.45, 7) is 1.44. The van der Waals surface area contributed by atoms with Crippen molar-refractivity contribution >= 4 is 51.5 Å². The number of primary amides is 1. The quantitative estimate of drug-likeness (QED) is 0.381. The predicted molar refractivity (Wildman–Crippen MR) is 121 cm³/mol. The number of nitrogens with one attached hydrogen (secondary N) is 3. The summed E-state index contributed by atoms with van der Waals surface area (Å²) in [6.07, 6.45) is 3.25. The fourth-order valence-corrected chi connectivity index (χ4v) is 3.35. The summed E-state index contributed by atoms with van der Waals surface area (Å²) in [7, 11) is 1.82. The van der Waals surface area contributed by atoms with Crippen molar-refractivity contribution in [3.63, 3.8) is 0 Å². The number of benzene rings is 2. The van der Waals surface area contributed by atoms with Crippen molar-refractivity contribution in [3.8, 4) is 0 Å². The van der Waals surface area contributed by atoms with Gasteiger partial charge in [-0.25, -0.2) is 4.98 Å². The third-order valence-electron chi connectivity index (χ3n) is 4.72. The van der Waals surface area contributed by atoms with Crippen molar-refractivity contribution < 1.29 is 9.59 Å². The Labute approximate surface area is 178 Å². The largest absolute Gasteiger partial charge is 0.365 e. The second-order valence-corrected chi connectivity index (χ2v) is 6.96. The van der Waals surface area contributed by atoms with E-state index in [0.29, 0.717) is 17.2 Å². The minimum atomic E-state index is -0.623. The van der Waals surface area contributed by atoms with E-state index in [1.165, 1.54) is 13.1 Å². The summed E-state index contributed by atoms with van der Waals surface area (Å²) >= 11 is 0. The van der Waals surface area contributed by atoms with Crippen LogP contribution in [0.2, 0.25) is 0 Å². The molecular formula is C22H21N7O2. The van der Waals surface area contributed by atoms with Gasteiger partial charge < -0.3 is 26.3 Å². The van der Waals surface area contributed by atoms with Crippen LogP contribution in [-0.2, 0) is 4.79 Å². The van der Waals surface area contributed by atoms with Crippen LogP contribution in [0.4, 0.5) is 28.8 Å². The molecule has 0 bridgehead atoms. The molecule has 31 heavy (non-hydrogen) atoms. The highest BCUT2D eigenvalue weighted by Crippen LogP contribution is 2.32. The van der Waals surface area contributed by atoms with Crippen molar-refractivity contribution in [2.45, 2.75) is 6.92 Å². The Balaban J connectivity index is 1.71. The van der Waals surface area contributed by atoms with Crippen LogP contribution in [0.15, 0.2) is 60.9 Å². The van der Waals surface area contributed by atoms with Gasteiger partial charge in [0.05, 0.1) is 5.69 Å². The Morgan fingerprint density at radius 3 is 2.65 bits per heavy atom. The number of anilines is 5. The molecular weight excluding hydrogens is 394 g/mol. The molecule has 2 heterocycles. The highest BCUT2D eigenvalue weighted by molar-refractivity contribution is 6.01. The number of aromatic nitrogens is 3. The second-order valence-electron chi connectivity index (χ2n) is 6.96. The van der Waals surface area contributed by atoms with Gasteiger partial charge in [0, 0.05) is 48.6 Å². The van der Waals surface area contributed by atoms with E-state index >= 15 is 0 Å². The molecule has 0 aliphatic rings. The highest BCUT2D eigenvalue weighted by Gasteiger charge is 2.19. The molecule has 0 spiro atoms. The zero-order chi connectivity index (χ0) is 22.0. The van der Waals surface area contributed by atoms with Gasteiger partial charge in [-0.15, -0.1) is 0 Å². The minimum Gasteiger partial charge on any atom is -0.365 e. The number of amides is 2. The molecule has 2 aromatic heterocycles. The highest BCUT2D eigenvalue weighted by atomic mass is 16.1. The molecule has 0 aliphatic carbocycles. The van der Waals surface area contributed by atoms with E-state index in [-0.39, 0.29) is 17.4 Å². The first-order valence-electron chi connectivity index (χ1n) is 9.54. The van der Waals surface area contributed by atoms with Gasteiger partial charge >= 0.3 is 0 Å². The zero-order valence-corrected chi connectivity index (χ0v) is 17.0. The minimum absolute atomic E-state index is 0.165. The predicted octanol–water partition coefficient (Wildman–Crippen LogP) is 3.53. The van der Waals surface area contributed by atoms with E-state index in [1.54, 1.807) is 23.1 Å². The Kier molecular flexibility index (Phi) is 5.23. The number of hydrogen-bond acceptors (Lipinski definition) is 6. The van der Waals surface area contributed by atoms with Crippen LogP contribution >= 0.6 is 0 Å². The average Bonchev–Trinajstić information content (AvgIpc) is 3.22. The van der Waals surface area contributed by atoms with Crippen LogP contribution in [0.25, 0.3) is 10.9 Å². The van der Waals surface area contributed by atoms with Crippen molar-refractivity contribution in [3.05, 3.63) is 66.5 Å². The molecule has 4 aromatic rings. The molecule has 0 fully saturated rings. The molecule has 0 unspecified atom stereocenters. The molecule has 0 saturated heterocycles. The van der Waals surface area contributed by atoms with Crippen molar-refractivity contribution in [1.82, 2.24) is 15.0 Å². The lowest BCUT2D eigenvalue weighted by Gasteiger charge is -2.22. The van der Waals surface area contributed by atoms with E-state index in [4.69, 9.17) is 5.73 Å². The number of carbonyl (C=O) groups is 2. The van der Waals surface area contributed by atoms with Crippen LogP contribution in [0.3, 0.4) is 0 Å². The molecule has 0 saturated carbocycles. The molecule has 2 aromatic carbocycles. The standard InChI is InChI=1S/C22H21N7O2/c1-13(30)26-14-5-3-6-15(11-14)27-22-25-12-17(20(23)31)21(28-22)29(2)19-8-4-7-18-16(19)9-10-24-18/h3-12,24H,1-2H3,(H2,23,31)(H,26,30)(H,25,27,28). The van der Waals surface area contributed by atoms with Gasteiger partial charge in [0.2, 0.25) is 11.9 Å². The fraction of sp³-hybridized carbons (Fsp3) is 0.0909. The number of nitrogens with zero attached hydrogens (tertiary/aromatic N) is 3. The van der Waals surface area contributed by atoms with E-state index in [1.807, 2.05) is 43.6 Å². The smallest absolute Gasteiger partial charge is 0.254 e. The zero-order valence-electron chi connectivity index (χ0n) is 17.0. The van der Waals surface area contributed by atoms with Gasteiger partial charge in [-0.05, 0) is 36.4 Å². The van der Waals surface area contributed by atoms with Crippen LogP contribution in [0, 0.1) is 0 Å². The van der Waals surface area contributed by atoms with Crippen LogP contribution in [0.5, 0.6) is 0 Å². The molecule has 4 rings (SSSR count). The fourth-order valence-electron chi connectivity index (χ4n) is 3.35. The number of nitrogens with two attached hydrogens (primary N) is 1. The van der Waals surface area contributed by atoms with E-state index in [9.17, 15) is 9.59 Å². The molecule has 0 radical (unpaired) electrons. The summed E-state index contributed by atoms with van der Waals surface area (Å²) in [4.78, 5) is 37.1. The Morgan fingerprint density at radius 1 is 1.10 bits per heavy atom. The number of H-pyrrole nitrogens is 1. The number of aromatic amines is 1. The molecule has 0 aliphatic heterocycles.